The molecule has 1 aromatic heterocycles. The Kier molecular flexibility index (Phi) is 12.1. The van der Waals surface area contributed by atoms with E-state index >= 15 is 0 Å². The van der Waals surface area contributed by atoms with Crippen LogP contribution in [0.5, 0.6) is 11.5 Å². The maximum Gasteiger partial charge on any atom is 0.159 e. The van der Waals surface area contributed by atoms with Gasteiger partial charge in [-0.15, -0.1) is 0 Å². The van der Waals surface area contributed by atoms with E-state index in [1.165, 1.54) is 83.5 Å². The summed E-state index contributed by atoms with van der Waals surface area (Å²) in [6, 6.07) is 8.03. The van der Waals surface area contributed by atoms with Crippen LogP contribution in [-0.4, -0.2) is 23.2 Å². The molecule has 1 aliphatic rings. The molecule has 0 radical (unpaired) electrons. The Bertz CT molecular complexity index is 739. The summed E-state index contributed by atoms with van der Waals surface area (Å²) in [5.74, 6) is 3.42. The van der Waals surface area contributed by atoms with Gasteiger partial charge in [-0.3, -0.25) is 0 Å². The lowest BCUT2D eigenvalue weighted by atomic mass is 9.99. The summed E-state index contributed by atoms with van der Waals surface area (Å²) in [5.41, 5.74) is 0.993. The van der Waals surface area contributed by atoms with E-state index in [0.717, 1.165) is 54.9 Å². The summed E-state index contributed by atoms with van der Waals surface area (Å²) in [6.07, 6.45) is 23.7. The van der Waals surface area contributed by atoms with Crippen LogP contribution in [0, 0.1) is 5.92 Å². The summed E-state index contributed by atoms with van der Waals surface area (Å²) < 4.78 is 11.7. The van der Waals surface area contributed by atoms with Crippen LogP contribution < -0.4 is 9.47 Å². The number of hydrogen-bond acceptors (Lipinski definition) is 4. The molecule has 1 heterocycles. The third-order valence-corrected chi connectivity index (χ3v) is 6.76. The molecule has 1 saturated carbocycles. The van der Waals surface area contributed by atoms with Crippen molar-refractivity contribution in [1.29, 1.82) is 0 Å². The molecule has 0 saturated heterocycles. The van der Waals surface area contributed by atoms with E-state index in [4.69, 9.17) is 9.47 Å². The minimum absolute atomic E-state index is 0.717. The number of unbranched alkanes of at least 4 members (excludes halogenated alkanes) is 8. The highest BCUT2D eigenvalue weighted by Gasteiger charge is 2.13. The fourth-order valence-electron chi connectivity index (χ4n) is 4.69. The summed E-state index contributed by atoms with van der Waals surface area (Å²) >= 11 is 0. The molecule has 0 bridgehead atoms. The number of ether oxygens (including phenoxy) is 2. The monoisotopic (exact) mass is 452 g/mol. The fraction of sp³-hybridized carbons (Fsp3) is 0.655. The van der Waals surface area contributed by atoms with Gasteiger partial charge in [0.05, 0.1) is 25.6 Å². The molecular formula is C29H44N2O2. The minimum atomic E-state index is 0.717. The van der Waals surface area contributed by atoms with Gasteiger partial charge < -0.3 is 9.47 Å². The number of aromatic nitrogens is 2. The van der Waals surface area contributed by atoms with Crippen molar-refractivity contribution in [3.05, 3.63) is 36.7 Å². The van der Waals surface area contributed by atoms with Crippen molar-refractivity contribution in [3.63, 3.8) is 0 Å². The van der Waals surface area contributed by atoms with Crippen LogP contribution in [0.2, 0.25) is 0 Å². The lowest BCUT2D eigenvalue weighted by molar-refractivity contribution is 0.302. The predicted molar refractivity (Wildman–Crippen MR) is 137 cm³/mol. The number of benzene rings is 1. The van der Waals surface area contributed by atoms with Crippen molar-refractivity contribution >= 4 is 0 Å². The summed E-state index contributed by atoms with van der Waals surface area (Å²) in [6.45, 7) is 3.75. The summed E-state index contributed by atoms with van der Waals surface area (Å²) in [7, 11) is 0. The molecule has 0 aliphatic heterocycles. The van der Waals surface area contributed by atoms with Gasteiger partial charge in [-0.25, -0.2) is 9.97 Å². The van der Waals surface area contributed by atoms with E-state index in [1.807, 2.05) is 24.3 Å². The molecule has 0 N–H and O–H groups in total. The van der Waals surface area contributed by atoms with Gasteiger partial charge in [0.1, 0.15) is 5.75 Å². The standard InChI is InChI=1S/C29H44N2O2/c1-2-3-4-12-21-32-27-19-17-26(18-20-27)29-30-23-28(24-31-29)33-22-13-8-6-5-7-9-14-25-15-10-11-16-25/h17-20,23-25H,2-16,21-22H2,1H3. The first-order valence-electron chi connectivity index (χ1n) is 13.5. The molecule has 4 nitrogen and oxygen atoms in total. The zero-order valence-corrected chi connectivity index (χ0v) is 20.8. The topological polar surface area (TPSA) is 44.2 Å². The predicted octanol–water partition coefficient (Wildman–Crippen LogP) is 8.40. The van der Waals surface area contributed by atoms with Crippen LogP contribution in [0.25, 0.3) is 11.4 Å². The maximum atomic E-state index is 5.84. The van der Waals surface area contributed by atoms with E-state index in [1.54, 1.807) is 12.4 Å². The highest BCUT2D eigenvalue weighted by Crippen LogP contribution is 2.29. The molecule has 1 aliphatic carbocycles. The highest BCUT2D eigenvalue weighted by molar-refractivity contribution is 5.56. The van der Waals surface area contributed by atoms with E-state index in [0.29, 0.717) is 0 Å². The minimum Gasteiger partial charge on any atom is -0.494 e. The molecule has 182 valence electrons. The van der Waals surface area contributed by atoms with Crippen LogP contribution >= 0.6 is 0 Å². The van der Waals surface area contributed by atoms with E-state index in [-0.39, 0.29) is 0 Å². The zero-order valence-electron chi connectivity index (χ0n) is 20.8. The number of hydrogen-bond donors (Lipinski definition) is 0. The van der Waals surface area contributed by atoms with Gasteiger partial charge in [0.2, 0.25) is 0 Å². The lowest BCUT2D eigenvalue weighted by Gasteiger charge is -2.09. The molecule has 4 heteroatoms. The molecule has 1 aromatic carbocycles. The molecule has 0 atom stereocenters. The van der Waals surface area contributed by atoms with Gasteiger partial charge >= 0.3 is 0 Å². The van der Waals surface area contributed by atoms with E-state index in [2.05, 4.69) is 16.9 Å². The van der Waals surface area contributed by atoms with Crippen LogP contribution in [0.4, 0.5) is 0 Å². The van der Waals surface area contributed by atoms with Gasteiger partial charge in [0, 0.05) is 5.56 Å². The Balaban J connectivity index is 1.24. The van der Waals surface area contributed by atoms with Gasteiger partial charge in [-0.05, 0) is 43.0 Å². The Hall–Kier alpha value is -2.10. The Morgan fingerprint density at radius 1 is 0.697 bits per heavy atom. The SMILES string of the molecule is CCCCCCOc1ccc(-c2ncc(OCCCCCCCCC3CCCC3)cn2)cc1. The Morgan fingerprint density at radius 2 is 1.27 bits per heavy atom. The number of nitrogens with zero attached hydrogens (tertiary/aromatic N) is 2. The van der Waals surface area contributed by atoms with Gasteiger partial charge in [-0.2, -0.15) is 0 Å². The third kappa shape index (κ3) is 10.1. The summed E-state index contributed by atoms with van der Waals surface area (Å²) in [4.78, 5) is 8.96. The van der Waals surface area contributed by atoms with Crippen molar-refractivity contribution in [2.45, 2.75) is 103 Å². The first-order chi connectivity index (χ1) is 16.3. The van der Waals surface area contributed by atoms with E-state index in [9.17, 15) is 0 Å². The largest absolute Gasteiger partial charge is 0.494 e. The highest BCUT2D eigenvalue weighted by atomic mass is 16.5. The molecular weight excluding hydrogens is 408 g/mol. The molecule has 0 amide bonds. The van der Waals surface area contributed by atoms with Crippen molar-refractivity contribution in [2.24, 2.45) is 5.92 Å². The van der Waals surface area contributed by atoms with E-state index < -0.39 is 0 Å². The third-order valence-electron chi connectivity index (χ3n) is 6.76. The summed E-state index contributed by atoms with van der Waals surface area (Å²) in [5, 5.41) is 0. The zero-order chi connectivity index (χ0) is 23.0. The van der Waals surface area contributed by atoms with Crippen LogP contribution in [0.3, 0.4) is 0 Å². The molecule has 0 unspecified atom stereocenters. The first-order valence-corrected chi connectivity index (χ1v) is 13.5. The smallest absolute Gasteiger partial charge is 0.159 e. The molecule has 1 fully saturated rings. The van der Waals surface area contributed by atoms with Crippen molar-refractivity contribution in [3.8, 4) is 22.9 Å². The van der Waals surface area contributed by atoms with Crippen LogP contribution in [0.15, 0.2) is 36.7 Å². The second-order valence-electron chi connectivity index (χ2n) is 9.58. The second-order valence-corrected chi connectivity index (χ2v) is 9.58. The molecule has 33 heavy (non-hydrogen) atoms. The quantitative estimate of drug-likeness (QED) is 0.226. The number of rotatable bonds is 17. The maximum absolute atomic E-state index is 5.84. The van der Waals surface area contributed by atoms with Gasteiger partial charge in [0.25, 0.3) is 0 Å². The fourth-order valence-corrected chi connectivity index (χ4v) is 4.69. The van der Waals surface area contributed by atoms with Crippen molar-refractivity contribution in [1.82, 2.24) is 9.97 Å². The average molecular weight is 453 g/mol. The lowest BCUT2D eigenvalue weighted by Crippen LogP contribution is -1.99. The molecule has 3 rings (SSSR count). The van der Waals surface area contributed by atoms with Gasteiger partial charge in [0.15, 0.2) is 11.6 Å². The Labute approximate surface area is 201 Å². The average Bonchev–Trinajstić information content (AvgIpc) is 3.37. The van der Waals surface area contributed by atoms with Crippen LogP contribution in [-0.2, 0) is 0 Å². The first kappa shape index (κ1) is 25.5. The van der Waals surface area contributed by atoms with Gasteiger partial charge in [-0.1, -0.05) is 90.4 Å². The molecule has 2 aromatic rings. The van der Waals surface area contributed by atoms with Crippen LogP contribution in [0.1, 0.15) is 103 Å². The normalized spacial score (nSPS) is 14.0. The second kappa shape index (κ2) is 15.7. The Morgan fingerprint density at radius 3 is 1.94 bits per heavy atom. The molecule has 0 spiro atoms. The van der Waals surface area contributed by atoms with Crippen molar-refractivity contribution in [2.75, 3.05) is 13.2 Å². The van der Waals surface area contributed by atoms with Crippen molar-refractivity contribution < 1.29 is 9.47 Å².